The summed E-state index contributed by atoms with van der Waals surface area (Å²) in [6.45, 7) is 2.09. The lowest BCUT2D eigenvalue weighted by molar-refractivity contribution is 0.390. The van der Waals surface area contributed by atoms with Gasteiger partial charge in [-0.2, -0.15) is 0 Å². The molecule has 2 rings (SSSR count). The third-order valence-corrected chi connectivity index (χ3v) is 2.77. The molecule has 0 saturated carbocycles. The number of nitrogens with zero attached hydrogens (tertiary/aromatic N) is 1. The van der Waals surface area contributed by atoms with Gasteiger partial charge in [-0.25, -0.2) is 4.98 Å². The number of ether oxygens (including phenoxy) is 1. The number of aromatic nitrogens is 1. The van der Waals surface area contributed by atoms with Crippen LogP contribution in [0.15, 0.2) is 12.1 Å². The standard InChI is InChI=1S/C11H17N3O/c1-15-11-6-9(12)5-10(14-11)8-3-2-4-13-7-8/h5-6,8,13H,2-4,7H2,1H3,(H2,12,14). The molecule has 0 bridgehead atoms. The summed E-state index contributed by atoms with van der Waals surface area (Å²) < 4.78 is 5.11. The van der Waals surface area contributed by atoms with Gasteiger partial charge in [0.1, 0.15) is 0 Å². The predicted molar refractivity (Wildman–Crippen MR) is 60.0 cm³/mol. The number of anilines is 1. The monoisotopic (exact) mass is 207 g/mol. The maximum Gasteiger partial charge on any atom is 0.215 e. The van der Waals surface area contributed by atoms with E-state index in [1.54, 1.807) is 13.2 Å². The SMILES string of the molecule is COc1cc(N)cc(C2CCCNC2)n1. The number of piperidine rings is 1. The van der Waals surface area contributed by atoms with Crippen LogP contribution in [0.3, 0.4) is 0 Å². The Balaban J connectivity index is 2.22. The van der Waals surface area contributed by atoms with Gasteiger partial charge in [0.25, 0.3) is 0 Å². The van der Waals surface area contributed by atoms with Gasteiger partial charge in [0, 0.05) is 24.2 Å². The third-order valence-electron chi connectivity index (χ3n) is 2.77. The fourth-order valence-corrected chi connectivity index (χ4v) is 1.96. The number of rotatable bonds is 2. The Hall–Kier alpha value is -1.29. The maximum atomic E-state index is 5.80. The van der Waals surface area contributed by atoms with E-state index >= 15 is 0 Å². The van der Waals surface area contributed by atoms with Crippen molar-refractivity contribution in [2.45, 2.75) is 18.8 Å². The molecule has 0 spiro atoms. The van der Waals surface area contributed by atoms with Gasteiger partial charge in [0.2, 0.25) is 5.88 Å². The van der Waals surface area contributed by atoms with Crippen LogP contribution in [-0.4, -0.2) is 25.2 Å². The number of nitrogens with two attached hydrogens (primary N) is 1. The van der Waals surface area contributed by atoms with Crippen molar-refractivity contribution in [3.05, 3.63) is 17.8 Å². The summed E-state index contributed by atoms with van der Waals surface area (Å²) in [6.07, 6.45) is 2.37. The van der Waals surface area contributed by atoms with Gasteiger partial charge < -0.3 is 15.8 Å². The van der Waals surface area contributed by atoms with Crippen LogP contribution in [0.2, 0.25) is 0 Å². The summed E-state index contributed by atoms with van der Waals surface area (Å²) in [4.78, 5) is 4.43. The Kier molecular flexibility index (Phi) is 3.06. The predicted octanol–water partition coefficient (Wildman–Crippen LogP) is 1.14. The Morgan fingerprint density at radius 3 is 3.07 bits per heavy atom. The molecule has 15 heavy (non-hydrogen) atoms. The van der Waals surface area contributed by atoms with E-state index in [0.717, 1.165) is 24.5 Å². The molecule has 1 unspecified atom stereocenters. The van der Waals surface area contributed by atoms with E-state index in [1.807, 2.05) is 6.07 Å². The fourth-order valence-electron chi connectivity index (χ4n) is 1.96. The molecule has 4 heteroatoms. The summed E-state index contributed by atoms with van der Waals surface area (Å²) in [5, 5.41) is 3.37. The quantitative estimate of drug-likeness (QED) is 0.763. The highest BCUT2D eigenvalue weighted by Crippen LogP contribution is 2.25. The molecule has 1 fully saturated rings. The number of hydrogen-bond donors (Lipinski definition) is 2. The lowest BCUT2D eigenvalue weighted by Gasteiger charge is -2.22. The first-order valence-corrected chi connectivity index (χ1v) is 5.32. The van der Waals surface area contributed by atoms with Crippen molar-refractivity contribution in [3.8, 4) is 5.88 Å². The lowest BCUT2D eigenvalue weighted by atomic mass is 9.95. The Morgan fingerprint density at radius 1 is 1.53 bits per heavy atom. The van der Waals surface area contributed by atoms with E-state index in [4.69, 9.17) is 10.5 Å². The van der Waals surface area contributed by atoms with E-state index in [2.05, 4.69) is 10.3 Å². The zero-order valence-corrected chi connectivity index (χ0v) is 8.99. The molecule has 0 aromatic carbocycles. The minimum absolute atomic E-state index is 0.469. The minimum atomic E-state index is 0.469. The van der Waals surface area contributed by atoms with Crippen molar-refractivity contribution in [1.29, 1.82) is 0 Å². The average molecular weight is 207 g/mol. The molecular weight excluding hydrogens is 190 g/mol. The van der Waals surface area contributed by atoms with E-state index in [0.29, 0.717) is 11.8 Å². The molecule has 1 saturated heterocycles. The molecular formula is C11H17N3O. The van der Waals surface area contributed by atoms with Crippen LogP contribution in [0, 0.1) is 0 Å². The number of hydrogen-bond acceptors (Lipinski definition) is 4. The first-order chi connectivity index (χ1) is 7.29. The number of nitrogens with one attached hydrogen (secondary N) is 1. The van der Waals surface area contributed by atoms with Gasteiger partial charge in [0.05, 0.1) is 12.8 Å². The molecule has 1 aliphatic rings. The molecule has 4 nitrogen and oxygen atoms in total. The van der Waals surface area contributed by atoms with Gasteiger partial charge in [-0.3, -0.25) is 0 Å². The lowest BCUT2D eigenvalue weighted by Crippen LogP contribution is -2.28. The summed E-state index contributed by atoms with van der Waals surface area (Å²) >= 11 is 0. The Labute approximate surface area is 89.8 Å². The third kappa shape index (κ3) is 2.39. The van der Waals surface area contributed by atoms with Gasteiger partial charge >= 0.3 is 0 Å². The van der Waals surface area contributed by atoms with E-state index in [-0.39, 0.29) is 0 Å². The molecule has 1 aromatic rings. The second kappa shape index (κ2) is 4.49. The number of methoxy groups -OCH3 is 1. The van der Waals surface area contributed by atoms with E-state index in [1.165, 1.54) is 12.8 Å². The van der Waals surface area contributed by atoms with Crippen molar-refractivity contribution in [1.82, 2.24) is 10.3 Å². The highest BCUT2D eigenvalue weighted by atomic mass is 16.5. The normalized spacial score (nSPS) is 21.3. The molecule has 2 heterocycles. The summed E-state index contributed by atoms with van der Waals surface area (Å²) in [7, 11) is 1.62. The molecule has 0 radical (unpaired) electrons. The van der Waals surface area contributed by atoms with Gasteiger partial charge in [-0.1, -0.05) is 0 Å². The van der Waals surface area contributed by atoms with Crippen LogP contribution in [0.4, 0.5) is 5.69 Å². The smallest absolute Gasteiger partial charge is 0.215 e. The van der Waals surface area contributed by atoms with Crippen molar-refractivity contribution in [2.24, 2.45) is 0 Å². The van der Waals surface area contributed by atoms with Gasteiger partial charge in [0.15, 0.2) is 0 Å². The molecule has 3 N–H and O–H groups in total. The van der Waals surface area contributed by atoms with Gasteiger partial charge in [-0.05, 0) is 25.5 Å². The largest absolute Gasteiger partial charge is 0.481 e. The minimum Gasteiger partial charge on any atom is -0.481 e. The van der Waals surface area contributed by atoms with Crippen LogP contribution in [0.1, 0.15) is 24.5 Å². The molecule has 1 aromatic heterocycles. The Bertz CT molecular complexity index is 335. The second-order valence-electron chi connectivity index (χ2n) is 3.91. The van der Waals surface area contributed by atoms with E-state index in [9.17, 15) is 0 Å². The zero-order chi connectivity index (χ0) is 10.7. The van der Waals surface area contributed by atoms with Crippen LogP contribution in [0.25, 0.3) is 0 Å². The summed E-state index contributed by atoms with van der Waals surface area (Å²) in [5.74, 6) is 1.08. The fraction of sp³-hybridized carbons (Fsp3) is 0.545. The maximum absolute atomic E-state index is 5.80. The van der Waals surface area contributed by atoms with Crippen molar-refractivity contribution >= 4 is 5.69 Å². The molecule has 1 aliphatic heterocycles. The number of pyridine rings is 1. The van der Waals surface area contributed by atoms with Crippen LogP contribution in [-0.2, 0) is 0 Å². The average Bonchev–Trinajstić information content (AvgIpc) is 2.29. The first-order valence-electron chi connectivity index (χ1n) is 5.32. The van der Waals surface area contributed by atoms with Crippen LogP contribution < -0.4 is 15.8 Å². The number of nitrogen functional groups attached to an aromatic ring is 1. The molecule has 82 valence electrons. The molecule has 0 amide bonds. The molecule has 1 atom stereocenters. The van der Waals surface area contributed by atoms with Crippen LogP contribution in [0.5, 0.6) is 5.88 Å². The van der Waals surface area contributed by atoms with Crippen LogP contribution >= 0.6 is 0 Å². The highest BCUT2D eigenvalue weighted by molar-refractivity contribution is 5.43. The van der Waals surface area contributed by atoms with Gasteiger partial charge in [-0.15, -0.1) is 0 Å². The van der Waals surface area contributed by atoms with Crippen molar-refractivity contribution < 1.29 is 4.74 Å². The van der Waals surface area contributed by atoms with Crippen molar-refractivity contribution in [2.75, 3.05) is 25.9 Å². The first kappa shape index (κ1) is 10.2. The summed E-state index contributed by atoms with van der Waals surface area (Å²) in [6, 6.07) is 3.69. The summed E-state index contributed by atoms with van der Waals surface area (Å²) in [5.41, 5.74) is 7.57. The van der Waals surface area contributed by atoms with Crippen molar-refractivity contribution in [3.63, 3.8) is 0 Å². The highest BCUT2D eigenvalue weighted by Gasteiger charge is 2.17. The molecule has 0 aliphatic carbocycles. The zero-order valence-electron chi connectivity index (χ0n) is 8.99. The second-order valence-corrected chi connectivity index (χ2v) is 3.91. The topological polar surface area (TPSA) is 60.2 Å². The van der Waals surface area contributed by atoms with E-state index < -0.39 is 0 Å². The Morgan fingerprint density at radius 2 is 2.40 bits per heavy atom.